The van der Waals surface area contributed by atoms with Crippen LogP contribution in [-0.4, -0.2) is 15.7 Å². The maximum atomic E-state index is 12.6. The standard InChI is InChI=1S/C21H23N3O2/c1-15-19(14-22-24(15)21(2,3)4)20(25)23-16-9-8-12-18(13-16)26-17-10-6-5-7-11-17/h5-14H,1-4H3,(H,23,25). The zero-order valence-corrected chi connectivity index (χ0v) is 15.5. The number of benzene rings is 2. The normalized spacial score (nSPS) is 11.2. The summed E-state index contributed by atoms with van der Waals surface area (Å²) < 4.78 is 7.67. The van der Waals surface area contributed by atoms with Crippen molar-refractivity contribution in [2.45, 2.75) is 33.2 Å². The Morgan fingerprint density at radius 1 is 1.04 bits per heavy atom. The smallest absolute Gasteiger partial charge is 0.259 e. The van der Waals surface area contributed by atoms with E-state index >= 15 is 0 Å². The molecule has 0 unspecified atom stereocenters. The van der Waals surface area contributed by atoms with E-state index in [0.717, 1.165) is 11.4 Å². The fourth-order valence-corrected chi connectivity index (χ4v) is 2.77. The summed E-state index contributed by atoms with van der Waals surface area (Å²) in [7, 11) is 0. The Balaban J connectivity index is 1.76. The molecular weight excluding hydrogens is 326 g/mol. The third-order valence-corrected chi connectivity index (χ3v) is 3.96. The second kappa shape index (κ2) is 7.04. The molecular formula is C21H23N3O2. The molecule has 2 aromatic carbocycles. The molecule has 5 heteroatoms. The van der Waals surface area contributed by atoms with Crippen LogP contribution in [-0.2, 0) is 5.54 Å². The molecule has 0 radical (unpaired) electrons. The molecule has 5 nitrogen and oxygen atoms in total. The summed E-state index contributed by atoms with van der Waals surface area (Å²) in [5.41, 5.74) is 1.90. The molecule has 0 saturated heterocycles. The highest BCUT2D eigenvalue weighted by Gasteiger charge is 2.21. The quantitative estimate of drug-likeness (QED) is 0.722. The highest BCUT2D eigenvalue weighted by Crippen LogP contribution is 2.25. The predicted molar refractivity (Wildman–Crippen MR) is 103 cm³/mol. The minimum atomic E-state index is -0.185. The molecule has 1 heterocycles. The van der Waals surface area contributed by atoms with Crippen LogP contribution >= 0.6 is 0 Å². The van der Waals surface area contributed by atoms with E-state index in [1.165, 1.54) is 0 Å². The second-order valence-electron chi connectivity index (χ2n) is 7.12. The average Bonchev–Trinajstić information content (AvgIpc) is 2.98. The van der Waals surface area contributed by atoms with Crippen molar-refractivity contribution in [3.8, 4) is 11.5 Å². The Bertz CT molecular complexity index is 909. The molecule has 134 valence electrons. The van der Waals surface area contributed by atoms with Crippen LogP contribution in [0.3, 0.4) is 0 Å². The molecule has 0 aliphatic rings. The first kappa shape index (κ1) is 17.7. The monoisotopic (exact) mass is 349 g/mol. The molecule has 0 fully saturated rings. The summed E-state index contributed by atoms with van der Waals surface area (Å²) in [6, 6.07) is 16.9. The first-order chi connectivity index (χ1) is 12.3. The Kier molecular flexibility index (Phi) is 4.80. The number of anilines is 1. The highest BCUT2D eigenvalue weighted by atomic mass is 16.5. The van der Waals surface area contributed by atoms with Gasteiger partial charge in [-0.3, -0.25) is 9.48 Å². The van der Waals surface area contributed by atoms with Gasteiger partial charge in [0.2, 0.25) is 0 Å². The van der Waals surface area contributed by atoms with E-state index in [-0.39, 0.29) is 11.4 Å². The van der Waals surface area contributed by atoms with E-state index in [0.29, 0.717) is 17.0 Å². The molecule has 0 atom stereocenters. The van der Waals surface area contributed by atoms with Crippen LogP contribution in [0.25, 0.3) is 0 Å². The van der Waals surface area contributed by atoms with Crippen LogP contribution in [0, 0.1) is 6.92 Å². The number of amides is 1. The maximum Gasteiger partial charge on any atom is 0.259 e. The van der Waals surface area contributed by atoms with E-state index in [9.17, 15) is 4.79 Å². The minimum Gasteiger partial charge on any atom is -0.457 e. The Hall–Kier alpha value is -3.08. The third kappa shape index (κ3) is 3.94. The molecule has 1 amide bonds. The molecule has 1 aromatic heterocycles. The molecule has 26 heavy (non-hydrogen) atoms. The number of para-hydroxylation sites is 1. The predicted octanol–water partition coefficient (Wildman–Crippen LogP) is 4.99. The zero-order valence-electron chi connectivity index (χ0n) is 15.5. The molecule has 0 spiro atoms. The molecule has 0 aliphatic carbocycles. The number of carbonyl (C=O) groups excluding carboxylic acids is 1. The van der Waals surface area contributed by atoms with Crippen LogP contribution in [0.15, 0.2) is 60.8 Å². The second-order valence-corrected chi connectivity index (χ2v) is 7.12. The van der Waals surface area contributed by atoms with Crippen molar-refractivity contribution >= 4 is 11.6 Å². The van der Waals surface area contributed by atoms with Crippen molar-refractivity contribution in [2.24, 2.45) is 0 Å². The Morgan fingerprint density at radius 3 is 2.38 bits per heavy atom. The summed E-state index contributed by atoms with van der Waals surface area (Å²) >= 11 is 0. The van der Waals surface area contributed by atoms with Gasteiger partial charge in [0.05, 0.1) is 17.3 Å². The summed E-state index contributed by atoms with van der Waals surface area (Å²) in [4.78, 5) is 12.6. The van der Waals surface area contributed by atoms with Gasteiger partial charge < -0.3 is 10.1 Å². The third-order valence-electron chi connectivity index (χ3n) is 3.96. The first-order valence-electron chi connectivity index (χ1n) is 8.54. The van der Waals surface area contributed by atoms with Gasteiger partial charge in [0, 0.05) is 17.4 Å². The van der Waals surface area contributed by atoms with Crippen molar-refractivity contribution in [3.63, 3.8) is 0 Å². The van der Waals surface area contributed by atoms with Gasteiger partial charge in [-0.25, -0.2) is 0 Å². The molecule has 3 aromatic rings. The van der Waals surface area contributed by atoms with Gasteiger partial charge in [0.25, 0.3) is 5.91 Å². The fourth-order valence-electron chi connectivity index (χ4n) is 2.77. The van der Waals surface area contributed by atoms with Crippen molar-refractivity contribution in [2.75, 3.05) is 5.32 Å². The minimum absolute atomic E-state index is 0.175. The largest absolute Gasteiger partial charge is 0.457 e. The molecule has 0 saturated carbocycles. The van der Waals surface area contributed by atoms with Gasteiger partial charge in [-0.15, -0.1) is 0 Å². The number of ether oxygens (including phenoxy) is 1. The van der Waals surface area contributed by atoms with Crippen LogP contribution in [0.1, 0.15) is 36.8 Å². The average molecular weight is 349 g/mol. The van der Waals surface area contributed by atoms with E-state index in [1.807, 2.05) is 60.1 Å². The lowest BCUT2D eigenvalue weighted by Gasteiger charge is -2.21. The SMILES string of the molecule is Cc1c(C(=O)Nc2cccc(Oc3ccccc3)c2)cnn1C(C)(C)C. The van der Waals surface area contributed by atoms with Crippen molar-refractivity contribution in [3.05, 3.63) is 72.1 Å². The lowest BCUT2D eigenvalue weighted by molar-refractivity contribution is 0.102. The van der Waals surface area contributed by atoms with Crippen molar-refractivity contribution < 1.29 is 9.53 Å². The van der Waals surface area contributed by atoms with Crippen molar-refractivity contribution in [1.82, 2.24) is 9.78 Å². The first-order valence-corrected chi connectivity index (χ1v) is 8.54. The number of hydrogen-bond donors (Lipinski definition) is 1. The van der Waals surface area contributed by atoms with Crippen molar-refractivity contribution in [1.29, 1.82) is 0 Å². The van der Waals surface area contributed by atoms with Crippen LogP contribution in [0.4, 0.5) is 5.69 Å². The topological polar surface area (TPSA) is 56.1 Å². The highest BCUT2D eigenvalue weighted by molar-refractivity contribution is 6.05. The Labute approximate surface area is 153 Å². The van der Waals surface area contributed by atoms with Gasteiger partial charge >= 0.3 is 0 Å². The number of nitrogens with zero attached hydrogens (tertiary/aromatic N) is 2. The van der Waals surface area contributed by atoms with E-state index in [1.54, 1.807) is 12.3 Å². The van der Waals surface area contributed by atoms with Crippen LogP contribution in [0.2, 0.25) is 0 Å². The summed E-state index contributed by atoms with van der Waals surface area (Å²) in [5, 5.41) is 7.27. The van der Waals surface area contributed by atoms with Gasteiger partial charge in [-0.05, 0) is 52.0 Å². The van der Waals surface area contributed by atoms with Gasteiger partial charge in [0.1, 0.15) is 11.5 Å². The molecule has 1 N–H and O–H groups in total. The van der Waals surface area contributed by atoms with Crippen LogP contribution < -0.4 is 10.1 Å². The van der Waals surface area contributed by atoms with Gasteiger partial charge in [0.15, 0.2) is 0 Å². The van der Waals surface area contributed by atoms with E-state index < -0.39 is 0 Å². The molecule has 3 rings (SSSR count). The van der Waals surface area contributed by atoms with E-state index in [4.69, 9.17) is 4.74 Å². The lowest BCUT2D eigenvalue weighted by Crippen LogP contribution is -2.25. The maximum absolute atomic E-state index is 12.6. The molecule has 0 bridgehead atoms. The van der Waals surface area contributed by atoms with Gasteiger partial charge in [-0.1, -0.05) is 24.3 Å². The fraction of sp³-hybridized carbons (Fsp3) is 0.238. The zero-order chi connectivity index (χ0) is 18.7. The van der Waals surface area contributed by atoms with E-state index in [2.05, 4.69) is 31.2 Å². The number of nitrogens with one attached hydrogen (secondary N) is 1. The lowest BCUT2D eigenvalue weighted by atomic mass is 10.1. The number of hydrogen-bond acceptors (Lipinski definition) is 3. The number of rotatable bonds is 4. The Morgan fingerprint density at radius 2 is 1.73 bits per heavy atom. The summed E-state index contributed by atoms with van der Waals surface area (Å²) in [6.07, 6.45) is 1.61. The number of carbonyl (C=O) groups is 1. The number of aromatic nitrogens is 2. The van der Waals surface area contributed by atoms with Gasteiger partial charge in [-0.2, -0.15) is 5.10 Å². The van der Waals surface area contributed by atoms with Crippen LogP contribution in [0.5, 0.6) is 11.5 Å². The summed E-state index contributed by atoms with van der Waals surface area (Å²) in [5.74, 6) is 1.23. The summed E-state index contributed by atoms with van der Waals surface area (Å²) in [6.45, 7) is 8.07. The molecule has 0 aliphatic heterocycles.